The van der Waals surface area contributed by atoms with Crippen molar-refractivity contribution < 1.29 is 13.6 Å². The molecule has 0 aliphatic rings. The third kappa shape index (κ3) is 3.00. The van der Waals surface area contributed by atoms with Crippen molar-refractivity contribution in [1.82, 2.24) is 5.32 Å². The van der Waals surface area contributed by atoms with Gasteiger partial charge in [0.1, 0.15) is 17.2 Å². The molecular formula is C12H12F2N2O. The molecule has 0 aromatic heterocycles. The van der Waals surface area contributed by atoms with Crippen LogP contribution in [-0.4, -0.2) is 11.4 Å². The molecule has 0 fully saturated rings. The fourth-order valence-electron chi connectivity index (χ4n) is 1.19. The number of carbonyl (C=O) groups excluding carboxylic acids is 1. The summed E-state index contributed by atoms with van der Waals surface area (Å²) < 4.78 is 26.0. The summed E-state index contributed by atoms with van der Waals surface area (Å²) in [5.74, 6) is -2.43. The van der Waals surface area contributed by atoms with Gasteiger partial charge in [-0.2, -0.15) is 5.26 Å². The maximum absolute atomic E-state index is 13.3. The third-order valence-electron chi connectivity index (χ3n) is 2.52. The molecule has 0 bridgehead atoms. The molecule has 0 heterocycles. The topological polar surface area (TPSA) is 52.9 Å². The summed E-state index contributed by atoms with van der Waals surface area (Å²) in [5.41, 5.74) is -1.33. The van der Waals surface area contributed by atoms with Gasteiger partial charge in [0, 0.05) is 6.07 Å². The van der Waals surface area contributed by atoms with E-state index in [2.05, 4.69) is 5.32 Å². The van der Waals surface area contributed by atoms with Crippen LogP contribution >= 0.6 is 0 Å². The molecule has 3 nitrogen and oxygen atoms in total. The molecule has 0 spiro atoms. The van der Waals surface area contributed by atoms with Crippen LogP contribution in [0.4, 0.5) is 8.78 Å². The quantitative estimate of drug-likeness (QED) is 0.879. The third-order valence-corrected chi connectivity index (χ3v) is 2.52. The standard InChI is InChI=1S/C12H12F2N2O/c1-3-12(2,7-15)16-11(17)9-5-4-8(13)6-10(9)14/h4-6H,3H2,1-2H3,(H,16,17). The Bertz CT molecular complexity index is 482. The highest BCUT2D eigenvalue weighted by Crippen LogP contribution is 2.13. The van der Waals surface area contributed by atoms with Crippen LogP contribution in [0.3, 0.4) is 0 Å². The first-order chi connectivity index (χ1) is 7.91. The lowest BCUT2D eigenvalue weighted by Crippen LogP contribution is -2.44. The number of hydrogen-bond acceptors (Lipinski definition) is 2. The van der Waals surface area contributed by atoms with Crippen LogP contribution in [0.15, 0.2) is 18.2 Å². The molecule has 5 heteroatoms. The van der Waals surface area contributed by atoms with Crippen molar-refractivity contribution in [1.29, 1.82) is 5.26 Å². The first-order valence-electron chi connectivity index (χ1n) is 5.10. The van der Waals surface area contributed by atoms with Crippen LogP contribution in [0.2, 0.25) is 0 Å². The molecule has 0 aliphatic carbocycles. The predicted octanol–water partition coefficient (Wildman–Crippen LogP) is 2.39. The molecular weight excluding hydrogens is 226 g/mol. The molecule has 1 unspecified atom stereocenters. The van der Waals surface area contributed by atoms with E-state index in [4.69, 9.17) is 5.26 Å². The lowest BCUT2D eigenvalue weighted by Gasteiger charge is -2.21. The largest absolute Gasteiger partial charge is 0.334 e. The Kier molecular flexibility index (Phi) is 3.79. The zero-order valence-electron chi connectivity index (χ0n) is 9.55. The molecule has 1 aromatic rings. The predicted molar refractivity (Wildman–Crippen MR) is 58.1 cm³/mol. The van der Waals surface area contributed by atoms with Crippen LogP contribution < -0.4 is 5.32 Å². The fraction of sp³-hybridized carbons (Fsp3) is 0.333. The highest BCUT2D eigenvalue weighted by Gasteiger charge is 2.25. The van der Waals surface area contributed by atoms with Crippen LogP contribution in [-0.2, 0) is 0 Å². The van der Waals surface area contributed by atoms with Crippen molar-refractivity contribution in [3.05, 3.63) is 35.4 Å². The molecule has 1 N–H and O–H groups in total. The number of nitrogens with one attached hydrogen (secondary N) is 1. The summed E-state index contributed by atoms with van der Waals surface area (Å²) in [6.45, 7) is 3.26. The first kappa shape index (κ1) is 13.1. The maximum atomic E-state index is 13.3. The lowest BCUT2D eigenvalue weighted by molar-refractivity contribution is 0.0919. The number of amides is 1. The number of rotatable bonds is 3. The van der Waals surface area contributed by atoms with Crippen LogP contribution in [0.1, 0.15) is 30.6 Å². The van der Waals surface area contributed by atoms with Gasteiger partial charge in [0.15, 0.2) is 0 Å². The van der Waals surface area contributed by atoms with E-state index in [-0.39, 0.29) is 5.56 Å². The van der Waals surface area contributed by atoms with Crippen molar-refractivity contribution in [2.45, 2.75) is 25.8 Å². The molecule has 0 saturated heterocycles. The van der Waals surface area contributed by atoms with Gasteiger partial charge in [-0.1, -0.05) is 6.92 Å². The Morgan fingerprint density at radius 2 is 2.18 bits per heavy atom. The molecule has 0 radical (unpaired) electrons. The summed E-state index contributed by atoms with van der Waals surface area (Å²) in [6.07, 6.45) is 0.387. The van der Waals surface area contributed by atoms with Gasteiger partial charge in [0.05, 0.1) is 11.6 Å². The van der Waals surface area contributed by atoms with Gasteiger partial charge < -0.3 is 5.32 Å². The summed E-state index contributed by atoms with van der Waals surface area (Å²) in [7, 11) is 0. The number of benzene rings is 1. The maximum Gasteiger partial charge on any atom is 0.255 e. The van der Waals surface area contributed by atoms with Gasteiger partial charge >= 0.3 is 0 Å². The summed E-state index contributed by atoms with van der Waals surface area (Å²) >= 11 is 0. The number of carbonyl (C=O) groups is 1. The van der Waals surface area contributed by atoms with E-state index in [9.17, 15) is 13.6 Å². The molecule has 1 aromatic carbocycles. The van der Waals surface area contributed by atoms with Crippen LogP contribution in [0, 0.1) is 23.0 Å². The number of hydrogen-bond donors (Lipinski definition) is 1. The van der Waals surface area contributed by atoms with Gasteiger partial charge in [-0.25, -0.2) is 8.78 Å². The fourth-order valence-corrected chi connectivity index (χ4v) is 1.19. The molecule has 1 amide bonds. The zero-order chi connectivity index (χ0) is 13.1. The molecule has 17 heavy (non-hydrogen) atoms. The van der Waals surface area contributed by atoms with Crippen LogP contribution in [0.25, 0.3) is 0 Å². The average Bonchev–Trinajstić information content (AvgIpc) is 2.28. The molecule has 0 aliphatic heterocycles. The smallest absolute Gasteiger partial charge is 0.255 e. The minimum atomic E-state index is -1.06. The Hall–Kier alpha value is -1.96. The second-order valence-corrected chi connectivity index (χ2v) is 3.88. The molecule has 1 rings (SSSR count). The van der Waals surface area contributed by atoms with E-state index in [1.807, 2.05) is 6.07 Å². The number of nitriles is 1. The Morgan fingerprint density at radius 3 is 2.65 bits per heavy atom. The summed E-state index contributed by atoms with van der Waals surface area (Å²) in [4.78, 5) is 11.7. The van der Waals surface area contributed by atoms with E-state index in [1.165, 1.54) is 6.92 Å². The van der Waals surface area contributed by atoms with E-state index < -0.39 is 23.1 Å². The van der Waals surface area contributed by atoms with E-state index >= 15 is 0 Å². The van der Waals surface area contributed by atoms with E-state index in [0.717, 1.165) is 12.1 Å². The van der Waals surface area contributed by atoms with Crippen molar-refractivity contribution in [2.75, 3.05) is 0 Å². The van der Waals surface area contributed by atoms with E-state index in [0.29, 0.717) is 12.5 Å². The SMILES string of the molecule is CCC(C)(C#N)NC(=O)c1ccc(F)cc1F. The van der Waals surface area contributed by atoms with E-state index in [1.54, 1.807) is 6.92 Å². The molecule has 1 atom stereocenters. The average molecular weight is 238 g/mol. The molecule has 0 saturated carbocycles. The van der Waals surface area contributed by atoms with Gasteiger partial charge in [0.2, 0.25) is 0 Å². The first-order valence-corrected chi connectivity index (χ1v) is 5.10. The summed E-state index contributed by atoms with van der Waals surface area (Å²) in [5, 5.41) is 11.3. The highest BCUT2D eigenvalue weighted by atomic mass is 19.1. The van der Waals surface area contributed by atoms with Crippen molar-refractivity contribution in [3.8, 4) is 6.07 Å². The Balaban J connectivity index is 2.95. The van der Waals surface area contributed by atoms with Crippen molar-refractivity contribution >= 4 is 5.91 Å². The van der Waals surface area contributed by atoms with Gasteiger partial charge in [-0.15, -0.1) is 0 Å². The Labute approximate surface area is 98.1 Å². The highest BCUT2D eigenvalue weighted by molar-refractivity contribution is 5.95. The van der Waals surface area contributed by atoms with Crippen LogP contribution in [0.5, 0.6) is 0 Å². The minimum absolute atomic E-state index is 0.277. The Morgan fingerprint density at radius 1 is 1.53 bits per heavy atom. The second kappa shape index (κ2) is 4.91. The second-order valence-electron chi connectivity index (χ2n) is 3.88. The monoisotopic (exact) mass is 238 g/mol. The van der Waals surface area contributed by atoms with Gasteiger partial charge in [-0.3, -0.25) is 4.79 Å². The van der Waals surface area contributed by atoms with Gasteiger partial charge in [0.25, 0.3) is 5.91 Å². The molecule has 90 valence electrons. The number of nitrogens with zero attached hydrogens (tertiary/aromatic N) is 1. The summed E-state index contributed by atoms with van der Waals surface area (Å²) in [6, 6.07) is 4.60. The minimum Gasteiger partial charge on any atom is -0.334 e. The van der Waals surface area contributed by atoms with Crippen molar-refractivity contribution in [2.24, 2.45) is 0 Å². The van der Waals surface area contributed by atoms with Crippen molar-refractivity contribution in [3.63, 3.8) is 0 Å². The normalized spacial score (nSPS) is 13.6. The lowest BCUT2D eigenvalue weighted by atomic mass is 10.0. The van der Waals surface area contributed by atoms with Gasteiger partial charge in [-0.05, 0) is 25.5 Å². The number of halogens is 2. The zero-order valence-corrected chi connectivity index (χ0v) is 9.55.